The van der Waals surface area contributed by atoms with Crippen molar-refractivity contribution in [1.82, 2.24) is 5.23 Å². The van der Waals surface area contributed by atoms with Crippen LogP contribution in [0.1, 0.15) is 0 Å². The minimum Gasteiger partial charge on any atom is -0.329 e. The first kappa shape index (κ1) is 11.8. The monoisotopic (exact) mass is 212 g/mol. The van der Waals surface area contributed by atoms with E-state index in [2.05, 4.69) is 21.8 Å². The number of rotatable bonds is 6. The van der Waals surface area contributed by atoms with E-state index in [9.17, 15) is 9.13 Å². The van der Waals surface area contributed by atoms with E-state index < -0.39 is 15.3 Å². The van der Waals surface area contributed by atoms with Crippen LogP contribution in [0, 0.1) is 0 Å². The quantitative estimate of drug-likeness (QED) is 0.508. The molecule has 2 N–H and O–H groups in total. The van der Waals surface area contributed by atoms with E-state index in [1.807, 2.05) is 0 Å². The summed E-state index contributed by atoms with van der Waals surface area (Å²) in [6.07, 6.45) is 6.15. The van der Waals surface area contributed by atoms with Crippen LogP contribution in [-0.4, -0.2) is 30.9 Å². The molecule has 2 atom stereocenters. The van der Waals surface area contributed by atoms with Crippen molar-refractivity contribution >= 4 is 27.9 Å². The molecule has 6 nitrogen and oxygen atoms in total. The van der Waals surface area contributed by atoms with Crippen LogP contribution in [0.3, 0.4) is 0 Å². The maximum Gasteiger partial charge on any atom is 0.251 e. The molecule has 0 saturated carbocycles. The number of hydroxylamine groups is 2. The molecule has 0 rings (SSSR count). The molecular weight excluding hydrogens is 202 g/mol. The largest absolute Gasteiger partial charge is 0.329 e. The van der Waals surface area contributed by atoms with Crippen LogP contribution >= 0.6 is 15.3 Å². The maximum atomic E-state index is 10.4. The second-order valence-corrected chi connectivity index (χ2v) is 3.33. The molecular formula is C4H10N2O4P2. The van der Waals surface area contributed by atoms with Crippen molar-refractivity contribution in [2.45, 2.75) is 0 Å². The van der Waals surface area contributed by atoms with Gasteiger partial charge in [-0.2, -0.15) is 9.25 Å². The molecule has 0 aliphatic rings. The van der Waals surface area contributed by atoms with E-state index in [1.165, 1.54) is 0 Å². The third kappa shape index (κ3) is 6.49. The standard InChI is InChI=1S/C4H10N2O4P2/c1-11(7)9-6(4-3-5)10-12(2)8/h1-5H2. The molecule has 70 valence electrons. The molecule has 12 heavy (non-hydrogen) atoms. The molecule has 0 aliphatic carbocycles. The summed E-state index contributed by atoms with van der Waals surface area (Å²) in [6.45, 7) is 0.361. The predicted molar refractivity (Wildman–Crippen MR) is 47.4 cm³/mol. The van der Waals surface area contributed by atoms with E-state index in [4.69, 9.17) is 5.73 Å². The van der Waals surface area contributed by atoms with Gasteiger partial charge in [0.1, 0.15) is 0 Å². The Bertz CT molecular complexity index is 220. The van der Waals surface area contributed by atoms with Gasteiger partial charge in [0.05, 0.1) is 6.54 Å². The van der Waals surface area contributed by atoms with Gasteiger partial charge in [-0.25, -0.2) is 9.13 Å². The van der Waals surface area contributed by atoms with Gasteiger partial charge in [-0.3, -0.25) is 0 Å². The van der Waals surface area contributed by atoms with E-state index in [0.717, 1.165) is 5.23 Å². The fraction of sp³-hybridized carbons (Fsp3) is 0.500. The highest BCUT2D eigenvalue weighted by molar-refractivity contribution is 7.38. The molecule has 0 radical (unpaired) electrons. The van der Waals surface area contributed by atoms with Crippen molar-refractivity contribution in [1.29, 1.82) is 0 Å². The Labute approximate surface area is 71.2 Å². The fourth-order valence-electron chi connectivity index (χ4n) is 0.405. The molecule has 0 heterocycles. The van der Waals surface area contributed by atoms with Crippen molar-refractivity contribution in [2.24, 2.45) is 5.73 Å². The summed E-state index contributed by atoms with van der Waals surface area (Å²) >= 11 is 0. The zero-order valence-electron chi connectivity index (χ0n) is 6.38. The molecule has 0 saturated heterocycles. The Morgan fingerprint density at radius 3 is 1.92 bits per heavy atom. The lowest BCUT2D eigenvalue weighted by Crippen LogP contribution is -2.25. The highest BCUT2D eigenvalue weighted by atomic mass is 31.1. The van der Waals surface area contributed by atoms with Crippen LogP contribution in [0.2, 0.25) is 0 Å². The molecule has 0 fully saturated rings. The lowest BCUT2D eigenvalue weighted by Gasteiger charge is -2.12. The van der Waals surface area contributed by atoms with Crippen LogP contribution in [0.15, 0.2) is 0 Å². The van der Waals surface area contributed by atoms with Crippen LogP contribution in [0.25, 0.3) is 0 Å². The molecule has 0 bridgehead atoms. The Hall–Kier alpha value is -0.220. The normalized spacial score (nSPS) is 13.2. The third-order valence-electron chi connectivity index (χ3n) is 0.676. The molecule has 8 heteroatoms. The summed E-state index contributed by atoms with van der Waals surface area (Å²) in [5.41, 5.74) is 5.15. The zero-order chi connectivity index (χ0) is 9.56. The number of nitrogens with two attached hydrogens (primary N) is 1. The van der Waals surface area contributed by atoms with Crippen LogP contribution in [0.4, 0.5) is 0 Å². The van der Waals surface area contributed by atoms with Crippen molar-refractivity contribution in [2.75, 3.05) is 13.1 Å². The summed E-state index contributed by atoms with van der Waals surface area (Å²) in [4.78, 5) is 0. The summed E-state index contributed by atoms with van der Waals surface area (Å²) in [5.74, 6) is 0. The lowest BCUT2D eigenvalue weighted by atomic mass is 10.7. The topological polar surface area (TPSA) is 81.9 Å². The minimum atomic E-state index is -2.09. The average Bonchev–Trinajstić information content (AvgIpc) is 1.84. The molecule has 0 amide bonds. The Morgan fingerprint density at radius 2 is 1.67 bits per heavy atom. The van der Waals surface area contributed by atoms with Crippen molar-refractivity contribution in [3.8, 4) is 0 Å². The number of nitrogens with zero attached hydrogens (tertiary/aromatic N) is 1. The Balaban J connectivity index is 4.02. The highest BCUT2D eigenvalue weighted by Gasteiger charge is 2.05. The van der Waals surface area contributed by atoms with Crippen molar-refractivity contribution in [3.63, 3.8) is 0 Å². The molecule has 0 aliphatic heterocycles. The second kappa shape index (κ2) is 6.31. The van der Waals surface area contributed by atoms with E-state index in [1.54, 1.807) is 0 Å². The third-order valence-corrected chi connectivity index (χ3v) is 1.40. The average molecular weight is 212 g/mol. The summed E-state index contributed by atoms with van der Waals surface area (Å²) in [6, 6.07) is 0. The van der Waals surface area contributed by atoms with Crippen LogP contribution in [0.5, 0.6) is 0 Å². The van der Waals surface area contributed by atoms with Gasteiger partial charge in [-0.15, -0.1) is 0 Å². The van der Waals surface area contributed by atoms with Gasteiger partial charge >= 0.3 is 0 Å². The Kier molecular flexibility index (Phi) is 6.20. The van der Waals surface area contributed by atoms with E-state index in [-0.39, 0.29) is 13.1 Å². The molecule has 0 spiro atoms. The lowest BCUT2D eigenvalue weighted by molar-refractivity contribution is -0.243. The minimum absolute atomic E-state index is 0.146. The summed E-state index contributed by atoms with van der Waals surface area (Å²) in [7, 11) is -4.19. The fourth-order valence-corrected chi connectivity index (χ4v) is 1.09. The highest BCUT2D eigenvalue weighted by Crippen LogP contribution is 2.15. The summed E-state index contributed by atoms with van der Waals surface area (Å²) in [5, 5.41) is 0.761. The van der Waals surface area contributed by atoms with E-state index >= 15 is 0 Å². The van der Waals surface area contributed by atoms with Crippen molar-refractivity contribution in [3.05, 3.63) is 0 Å². The van der Waals surface area contributed by atoms with Crippen LogP contribution < -0.4 is 5.73 Å². The summed E-state index contributed by atoms with van der Waals surface area (Å²) < 4.78 is 29.9. The van der Waals surface area contributed by atoms with Crippen molar-refractivity contribution < 1.29 is 18.4 Å². The number of hydrogen-bond acceptors (Lipinski definition) is 6. The van der Waals surface area contributed by atoms with Gasteiger partial charge in [0.2, 0.25) is 0 Å². The predicted octanol–water partition coefficient (Wildman–Crippen LogP) is 0.459. The van der Waals surface area contributed by atoms with Gasteiger partial charge in [0, 0.05) is 6.54 Å². The van der Waals surface area contributed by atoms with Gasteiger partial charge in [0.25, 0.3) is 15.3 Å². The van der Waals surface area contributed by atoms with Gasteiger partial charge < -0.3 is 5.73 Å². The molecule has 0 aromatic carbocycles. The molecule has 0 aromatic rings. The molecule has 0 aromatic heterocycles. The smallest absolute Gasteiger partial charge is 0.251 e. The SMILES string of the molecule is C=P(=O)ON(CCN)OP(=C)=O. The van der Waals surface area contributed by atoms with Gasteiger partial charge in [-0.05, 0) is 17.8 Å². The van der Waals surface area contributed by atoms with Crippen LogP contribution in [-0.2, 0) is 18.4 Å². The van der Waals surface area contributed by atoms with Gasteiger partial charge in [-0.1, -0.05) is 0 Å². The number of hydrogen-bond donors (Lipinski definition) is 1. The van der Waals surface area contributed by atoms with Gasteiger partial charge in [0.15, 0.2) is 0 Å². The first-order valence-electron chi connectivity index (χ1n) is 2.95. The molecule has 2 unspecified atom stereocenters. The maximum absolute atomic E-state index is 10.4. The van der Waals surface area contributed by atoms with E-state index in [0.29, 0.717) is 0 Å². The second-order valence-electron chi connectivity index (χ2n) is 1.67. The Morgan fingerprint density at radius 1 is 1.25 bits per heavy atom. The first-order valence-corrected chi connectivity index (χ1v) is 5.68. The first-order chi connectivity index (χ1) is 5.56. The zero-order valence-corrected chi connectivity index (χ0v) is 8.17.